The maximum atomic E-state index is 3.97. The Kier molecular flexibility index (Phi) is 3.10. The summed E-state index contributed by atoms with van der Waals surface area (Å²) in [5.41, 5.74) is 3.30. The van der Waals surface area contributed by atoms with Crippen LogP contribution in [0.2, 0.25) is 0 Å². The Hall–Kier alpha value is -2.07. The molecule has 0 unspecified atom stereocenters. The summed E-state index contributed by atoms with van der Waals surface area (Å²) in [6.07, 6.45) is 1.76. The average molecular weight is 255 g/mol. The number of hydrogen-bond donors (Lipinski definition) is 2. The number of hydrogen-bond acceptors (Lipinski definition) is 3. The van der Waals surface area contributed by atoms with Gasteiger partial charge in [-0.1, -0.05) is 18.2 Å². The zero-order valence-corrected chi connectivity index (χ0v) is 10.6. The Morgan fingerprint density at radius 1 is 1.17 bits per heavy atom. The summed E-state index contributed by atoms with van der Waals surface area (Å²) in [5, 5.41) is 12.5. The Morgan fingerprint density at radius 2 is 2.17 bits per heavy atom. The van der Waals surface area contributed by atoms with Gasteiger partial charge in [0.15, 0.2) is 0 Å². The highest BCUT2D eigenvalue weighted by Crippen LogP contribution is 2.21. The van der Waals surface area contributed by atoms with Crippen molar-refractivity contribution in [3.05, 3.63) is 58.9 Å². The Morgan fingerprint density at radius 3 is 2.94 bits per heavy atom. The Bertz CT molecular complexity index is 600. The van der Waals surface area contributed by atoms with Gasteiger partial charge in [0.2, 0.25) is 0 Å². The van der Waals surface area contributed by atoms with Crippen LogP contribution in [0.5, 0.6) is 0 Å². The molecule has 18 heavy (non-hydrogen) atoms. The number of nitrogens with one attached hydrogen (secondary N) is 2. The summed E-state index contributed by atoms with van der Waals surface area (Å²) in [6, 6.07) is 14.5. The maximum absolute atomic E-state index is 3.97. The molecule has 0 radical (unpaired) electrons. The van der Waals surface area contributed by atoms with Crippen LogP contribution in [0.15, 0.2) is 54.0 Å². The number of benzene rings is 1. The lowest BCUT2D eigenvalue weighted by molar-refractivity contribution is 1.09. The first-order chi connectivity index (χ1) is 8.92. The quantitative estimate of drug-likeness (QED) is 0.745. The molecule has 90 valence electrons. The summed E-state index contributed by atoms with van der Waals surface area (Å²) in [4.78, 5) is 1.34. The second-order valence-corrected chi connectivity index (χ2v) is 5.02. The predicted molar refractivity (Wildman–Crippen MR) is 75.7 cm³/mol. The molecule has 3 nitrogen and oxygen atoms in total. The third-order valence-electron chi connectivity index (χ3n) is 2.72. The molecule has 0 aliphatic carbocycles. The molecule has 0 saturated heterocycles. The molecule has 0 bridgehead atoms. The van der Waals surface area contributed by atoms with Gasteiger partial charge >= 0.3 is 0 Å². The van der Waals surface area contributed by atoms with Crippen LogP contribution in [-0.2, 0) is 6.54 Å². The summed E-state index contributed by atoms with van der Waals surface area (Å²) < 4.78 is 0. The van der Waals surface area contributed by atoms with Gasteiger partial charge in [0.25, 0.3) is 0 Å². The van der Waals surface area contributed by atoms with Crippen LogP contribution in [0, 0.1) is 0 Å². The number of nitrogens with zero attached hydrogens (tertiary/aromatic N) is 1. The van der Waals surface area contributed by atoms with Crippen molar-refractivity contribution in [2.75, 3.05) is 5.32 Å². The van der Waals surface area contributed by atoms with Crippen molar-refractivity contribution >= 4 is 17.0 Å². The van der Waals surface area contributed by atoms with Crippen LogP contribution in [0.25, 0.3) is 11.3 Å². The number of H-pyrrole nitrogens is 1. The summed E-state index contributed by atoms with van der Waals surface area (Å²) >= 11 is 1.77. The highest BCUT2D eigenvalue weighted by atomic mass is 32.1. The summed E-state index contributed by atoms with van der Waals surface area (Å²) in [5.74, 6) is 0. The number of aromatic nitrogens is 2. The van der Waals surface area contributed by atoms with Gasteiger partial charge in [-0.05, 0) is 29.6 Å². The molecule has 2 aromatic heterocycles. The normalized spacial score (nSPS) is 10.4. The lowest BCUT2D eigenvalue weighted by Gasteiger charge is -2.06. The first kappa shape index (κ1) is 11.0. The van der Waals surface area contributed by atoms with Crippen molar-refractivity contribution in [1.82, 2.24) is 10.2 Å². The molecule has 0 saturated carbocycles. The van der Waals surface area contributed by atoms with Gasteiger partial charge in [0.05, 0.1) is 5.69 Å². The smallest absolute Gasteiger partial charge is 0.0650 e. The minimum Gasteiger partial charge on any atom is -0.380 e. The van der Waals surface area contributed by atoms with Crippen molar-refractivity contribution in [1.29, 1.82) is 0 Å². The zero-order valence-electron chi connectivity index (χ0n) is 9.76. The van der Waals surface area contributed by atoms with Gasteiger partial charge < -0.3 is 5.32 Å². The van der Waals surface area contributed by atoms with E-state index in [0.29, 0.717) is 0 Å². The number of anilines is 1. The van der Waals surface area contributed by atoms with E-state index in [2.05, 4.69) is 51.2 Å². The van der Waals surface area contributed by atoms with Crippen LogP contribution in [0.3, 0.4) is 0 Å². The van der Waals surface area contributed by atoms with Crippen LogP contribution < -0.4 is 5.32 Å². The van der Waals surface area contributed by atoms with Crippen molar-refractivity contribution in [3.8, 4) is 11.3 Å². The van der Waals surface area contributed by atoms with Gasteiger partial charge in [0.1, 0.15) is 0 Å². The van der Waals surface area contributed by atoms with Gasteiger partial charge in [-0.25, -0.2) is 0 Å². The van der Waals surface area contributed by atoms with Crippen molar-refractivity contribution in [2.24, 2.45) is 0 Å². The fourth-order valence-corrected chi connectivity index (χ4v) is 2.46. The van der Waals surface area contributed by atoms with E-state index in [4.69, 9.17) is 0 Å². The van der Waals surface area contributed by atoms with E-state index < -0.39 is 0 Å². The van der Waals surface area contributed by atoms with Crippen LogP contribution in [-0.4, -0.2) is 10.2 Å². The Labute approximate surface area is 109 Å². The molecule has 1 aromatic carbocycles. The van der Waals surface area contributed by atoms with Gasteiger partial charge in [-0.2, -0.15) is 5.10 Å². The lowest BCUT2D eigenvalue weighted by atomic mass is 10.1. The second kappa shape index (κ2) is 5.06. The largest absolute Gasteiger partial charge is 0.380 e. The first-order valence-corrected chi connectivity index (χ1v) is 6.66. The summed E-state index contributed by atoms with van der Waals surface area (Å²) in [7, 11) is 0. The minimum atomic E-state index is 0.865. The molecule has 2 N–H and O–H groups in total. The molecular weight excluding hydrogens is 242 g/mol. The number of thiophene rings is 1. The zero-order chi connectivity index (χ0) is 12.2. The SMILES string of the molecule is c1cc(NCc2cccs2)cc(-c2ccn[nH]2)c1. The van der Waals surface area contributed by atoms with E-state index in [0.717, 1.165) is 23.5 Å². The minimum absolute atomic E-state index is 0.865. The van der Waals surface area contributed by atoms with E-state index in [1.807, 2.05) is 12.1 Å². The first-order valence-electron chi connectivity index (χ1n) is 5.78. The van der Waals surface area contributed by atoms with Gasteiger partial charge in [-0.3, -0.25) is 5.10 Å². The molecule has 2 heterocycles. The van der Waals surface area contributed by atoms with Gasteiger partial charge in [-0.15, -0.1) is 11.3 Å². The van der Waals surface area contributed by atoms with Crippen LogP contribution in [0.1, 0.15) is 4.88 Å². The molecule has 4 heteroatoms. The fourth-order valence-electron chi connectivity index (χ4n) is 1.82. The second-order valence-electron chi connectivity index (χ2n) is 3.98. The van der Waals surface area contributed by atoms with E-state index in [1.165, 1.54) is 4.88 Å². The highest BCUT2D eigenvalue weighted by Gasteiger charge is 2.00. The molecule has 0 atom stereocenters. The predicted octanol–water partition coefficient (Wildman–Crippen LogP) is 3.75. The molecule has 0 amide bonds. The monoisotopic (exact) mass is 255 g/mol. The average Bonchev–Trinajstić information content (AvgIpc) is 3.10. The third-order valence-corrected chi connectivity index (χ3v) is 3.60. The molecule has 0 fully saturated rings. The number of rotatable bonds is 4. The lowest BCUT2D eigenvalue weighted by Crippen LogP contribution is -1.97. The number of aromatic amines is 1. The van der Waals surface area contributed by atoms with Crippen LogP contribution in [0.4, 0.5) is 5.69 Å². The highest BCUT2D eigenvalue weighted by molar-refractivity contribution is 7.09. The van der Waals surface area contributed by atoms with Crippen molar-refractivity contribution in [2.45, 2.75) is 6.54 Å². The molecule has 0 spiro atoms. The van der Waals surface area contributed by atoms with E-state index >= 15 is 0 Å². The van der Waals surface area contributed by atoms with E-state index in [1.54, 1.807) is 17.5 Å². The molecular formula is C14H13N3S. The van der Waals surface area contributed by atoms with E-state index in [9.17, 15) is 0 Å². The molecule has 0 aliphatic rings. The van der Waals surface area contributed by atoms with Crippen molar-refractivity contribution < 1.29 is 0 Å². The molecule has 0 aliphatic heterocycles. The summed E-state index contributed by atoms with van der Waals surface area (Å²) in [6.45, 7) is 0.865. The molecule has 3 aromatic rings. The third kappa shape index (κ3) is 2.43. The maximum Gasteiger partial charge on any atom is 0.0650 e. The van der Waals surface area contributed by atoms with Gasteiger partial charge in [0, 0.05) is 28.9 Å². The standard InChI is InChI=1S/C14H13N3S/c1-3-11(14-6-7-16-17-14)9-12(4-1)15-10-13-5-2-8-18-13/h1-9,15H,10H2,(H,16,17). The van der Waals surface area contributed by atoms with E-state index in [-0.39, 0.29) is 0 Å². The fraction of sp³-hybridized carbons (Fsp3) is 0.0714. The van der Waals surface area contributed by atoms with Crippen LogP contribution >= 0.6 is 11.3 Å². The van der Waals surface area contributed by atoms with Crippen molar-refractivity contribution in [3.63, 3.8) is 0 Å². The molecule has 3 rings (SSSR count). The Balaban J connectivity index is 1.75. The topological polar surface area (TPSA) is 40.7 Å².